The molecular formula is C18H24N2O3S. The lowest BCUT2D eigenvalue weighted by Gasteiger charge is -2.27. The molecule has 130 valence electrons. The van der Waals surface area contributed by atoms with Crippen LogP contribution in [0.15, 0.2) is 36.4 Å². The molecule has 1 heterocycles. The van der Waals surface area contributed by atoms with E-state index in [9.17, 15) is 9.90 Å². The largest absolute Gasteiger partial charge is 0.497 e. The molecule has 0 fully saturated rings. The van der Waals surface area contributed by atoms with Crippen LogP contribution in [-0.2, 0) is 13.0 Å². The highest BCUT2D eigenvalue weighted by Crippen LogP contribution is 2.22. The van der Waals surface area contributed by atoms with Gasteiger partial charge in [-0.25, -0.2) is 4.79 Å². The van der Waals surface area contributed by atoms with E-state index < -0.39 is 6.04 Å². The van der Waals surface area contributed by atoms with Gasteiger partial charge in [-0.15, -0.1) is 11.3 Å². The highest BCUT2D eigenvalue weighted by atomic mass is 32.1. The molecule has 0 saturated carbocycles. The molecule has 5 nitrogen and oxygen atoms in total. The zero-order chi connectivity index (χ0) is 17.5. The molecule has 24 heavy (non-hydrogen) atoms. The molecule has 0 saturated heterocycles. The maximum atomic E-state index is 12.4. The molecular weight excluding hydrogens is 324 g/mol. The molecule has 2 amide bonds. The van der Waals surface area contributed by atoms with Crippen molar-refractivity contribution >= 4 is 17.4 Å². The average molecular weight is 348 g/mol. The van der Waals surface area contributed by atoms with E-state index in [1.165, 1.54) is 9.78 Å². The van der Waals surface area contributed by atoms with Crippen LogP contribution >= 0.6 is 11.3 Å². The number of ether oxygens (including phenoxy) is 1. The van der Waals surface area contributed by atoms with Gasteiger partial charge in [0.15, 0.2) is 0 Å². The first-order valence-electron chi connectivity index (χ1n) is 7.92. The summed E-state index contributed by atoms with van der Waals surface area (Å²) in [5, 5.41) is 12.6. The van der Waals surface area contributed by atoms with E-state index in [4.69, 9.17) is 4.74 Å². The van der Waals surface area contributed by atoms with Crippen molar-refractivity contribution in [3.8, 4) is 5.75 Å². The van der Waals surface area contributed by atoms with E-state index in [1.54, 1.807) is 25.5 Å². The summed E-state index contributed by atoms with van der Waals surface area (Å²) in [5.41, 5.74) is 0.861. The molecule has 0 bridgehead atoms. The maximum absolute atomic E-state index is 12.4. The number of benzene rings is 1. The van der Waals surface area contributed by atoms with Gasteiger partial charge in [-0.1, -0.05) is 19.1 Å². The third-order valence-electron chi connectivity index (χ3n) is 3.94. The molecule has 0 aliphatic carbocycles. The van der Waals surface area contributed by atoms with E-state index in [-0.39, 0.29) is 12.6 Å². The Bertz CT molecular complexity index is 655. The van der Waals surface area contributed by atoms with Crippen molar-refractivity contribution in [1.29, 1.82) is 0 Å². The summed E-state index contributed by atoms with van der Waals surface area (Å²) in [6.07, 6.45) is 1.00. The van der Waals surface area contributed by atoms with Crippen LogP contribution in [0.5, 0.6) is 5.75 Å². The van der Waals surface area contributed by atoms with Gasteiger partial charge in [0.1, 0.15) is 5.75 Å². The van der Waals surface area contributed by atoms with E-state index in [0.29, 0.717) is 6.54 Å². The predicted molar refractivity (Wildman–Crippen MR) is 96.5 cm³/mol. The number of carbonyl (C=O) groups excluding carboxylic acids is 1. The van der Waals surface area contributed by atoms with Crippen molar-refractivity contribution in [2.75, 3.05) is 20.8 Å². The molecule has 0 aliphatic rings. The highest BCUT2D eigenvalue weighted by molar-refractivity contribution is 7.11. The number of rotatable bonds is 7. The topological polar surface area (TPSA) is 61.8 Å². The second-order valence-corrected chi connectivity index (χ2v) is 6.72. The highest BCUT2D eigenvalue weighted by Gasteiger charge is 2.21. The van der Waals surface area contributed by atoms with Crippen LogP contribution in [0.3, 0.4) is 0 Å². The Morgan fingerprint density at radius 2 is 1.92 bits per heavy atom. The first kappa shape index (κ1) is 18.3. The summed E-state index contributed by atoms with van der Waals surface area (Å²) in [6.45, 7) is 2.46. The van der Waals surface area contributed by atoms with E-state index >= 15 is 0 Å². The number of aliphatic hydroxyl groups excluding tert-OH is 1. The van der Waals surface area contributed by atoms with Gasteiger partial charge in [0.05, 0.1) is 26.3 Å². The van der Waals surface area contributed by atoms with Crippen LogP contribution in [0.2, 0.25) is 0 Å². The zero-order valence-electron chi connectivity index (χ0n) is 14.3. The second kappa shape index (κ2) is 8.70. The second-order valence-electron chi connectivity index (χ2n) is 5.46. The fraction of sp³-hybridized carbons (Fsp3) is 0.389. The number of nitrogens with one attached hydrogen (secondary N) is 1. The van der Waals surface area contributed by atoms with Gasteiger partial charge in [-0.05, 0) is 36.2 Å². The minimum Gasteiger partial charge on any atom is -0.497 e. The number of hydrogen-bond acceptors (Lipinski definition) is 4. The number of likely N-dealkylation sites (N-methyl/N-ethyl adjacent to an activating group) is 1. The van der Waals surface area contributed by atoms with E-state index in [2.05, 4.69) is 18.3 Å². The lowest BCUT2D eigenvalue weighted by Crippen LogP contribution is -2.40. The third-order valence-corrected chi connectivity index (χ3v) is 5.17. The van der Waals surface area contributed by atoms with Crippen molar-refractivity contribution < 1.29 is 14.6 Å². The normalized spacial score (nSPS) is 11.8. The van der Waals surface area contributed by atoms with Crippen LogP contribution in [0.1, 0.15) is 28.3 Å². The Labute approximate surface area is 146 Å². The monoisotopic (exact) mass is 348 g/mol. The van der Waals surface area contributed by atoms with Gasteiger partial charge < -0.3 is 20.1 Å². The SMILES string of the molecule is CCc1ccc(CNC(=O)N(C)C(CO)c2ccc(OC)cc2)s1. The number of methoxy groups -OCH3 is 1. The fourth-order valence-electron chi connectivity index (χ4n) is 2.41. The number of nitrogens with zero attached hydrogens (tertiary/aromatic N) is 1. The third kappa shape index (κ3) is 4.49. The Balaban J connectivity index is 1.98. The quantitative estimate of drug-likeness (QED) is 0.808. The molecule has 1 atom stereocenters. The number of hydrogen-bond donors (Lipinski definition) is 2. The molecule has 0 radical (unpaired) electrons. The molecule has 1 aromatic carbocycles. The van der Waals surface area contributed by atoms with E-state index in [1.807, 2.05) is 30.3 Å². The Kier molecular flexibility index (Phi) is 6.63. The number of aryl methyl sites for hydroxylation is 1. The molecule has 6 heteroatoms. The van der Waals surface area contributed by atoms with Crippen molar-refractivity contribution in [3.63, 3.8) is 0 Å². The number of urea groups is 1. The van der Waals surface area contributed by atoms with Gasteiger partial charge >= 0.3 is 6.03 Å². The molecule has 0 spiro atoms. The minimum atomic E-state index is -0.398. The van der Waals surface area contributed by atoms with Crippen LogP contribution in [0.25, 0.3) is 0 Å². The van der Waals surface area contributed by atoms with Crippen LogP contribution < -0.4 is 10.1 Å². The number of amides is 2. The van der Waals surface area contributed by atoms with E-state index in [0.717, 1.165) is 22.6 Å². The number of thiophene rings is 1. The average Bonchev–Trinajstić information content (AvgIpc) is 3.09. The standard InChI is InChI=1S/C18H24N2O3S/c1-4-15-9-10-16(24-15)11-19-18(22)20(2)17(12-21)13-5-7-14(23-3)8-6-13/h5-10,17,21H,4,11-12H2,1-3H3,(H,19,22). The molecule has 0 aliphatic heterocycles. The molecule has 2 N–H and O–H groups in total. The van der Waals surface area contributed by atoms with Crippen LogP contribution in [0, 0.1) is 0 Å². The molecule has 1 unspecified atom stereocenters. The predicted octanol–water partition coefficient (Wildman–Crippen LogP) is 3.19. The number of carbonyl (C=O) groups is 1. The zero-order valence-corrected chi connectivity index (χ0v) is 15.1. The summed E-state index contributed by atoms with van der Waals surface area (Å²) >= 11 is 1.70. The van der Waals surface area contributed by atoms with Crippen molar-refractivity contribution in [3.05, 3.63) is 51.7 Å². The van der Waals surface area contributed by atoms with Gasteiger partial charge in [0, 0.05) is 16.8 Å². The van der Waals surface area contributed by atoms with Crippen LogP contribution in [0.4, 0.5) is 4.79 Å². The van der Waals surface area contributed by atoms with Crippen molar-refractivity contribution in [2.45, 2.75) is 25.9 Å². The van der Waals surface area contributed by atoms with Crippen LogP contribution in [-0.4, -0.2) is 36.8 Å². The Hall–Kier alpha value is -2.05. The molecule has 2 rings (SSSR count). The Morgan fingerprint density at radius 1 is 1.25 bits per heavy atom. The fourth-order valence-corrected chi connectivity index (χ4v) is 3.31. The smallest absolute Gasteiger partial charge is 0.318 e. The van der Waals surface area contributed by atoms with Gasteiger partial charge in [0.25, 0.3) is 0 Å². The van der Waals surface area contributed by atoms with Gasteiger partial charge in [0.2, 0.25) is 0 Å². The lowest BCUT2D eigenvalue weighted by atomic mass is 10.1. The van der Waals surface area contributed by atoms with Gasteiger partial charge in [-0.2, -0.15) is 0 Å². The first-order valence-corrected chi connectivity index (χ1v) is 8.73. The Morgan fingerprint density at radius 3 is 2.46 bits per heavy atom. The first-order chi connectivity index (χ1) is 11.6. The van der Waals surface area contributed by atoms with Gasteiger partial charge in [-0.3, -0.25) is 0 Å². The lowest BCUT2D eigenvalue weighted by molar-refractivity contribution is 0.149. The summed E-state index contributed by atoms with van der Waals surface area (Å²) in [7, 11) is 3.29. The minimum absolute atomic E-state index is 0.144. The summed E-state index contributed by atoms with van der Waals surface area (Å²) in [4.78, 5) is 16.3. The summed E-state index contributed by atoms with van der Waals surface area (Å²) in [5.74, 6) is 0.743. The maximum Gasteiger partial charge on any atom is 0.318 e. The molecule has 1 aromatic heterocycles. The number of aliphatic hydroxyl groups is 1. The molecule has 2 aromatic rings. The summed E-state index contributed by atoms with van der Waals surface area (Å²) < 4.78 is 5.14. The summed E-state index contributed by atoms with van der Waals surface area (Å²) in [6, 6.07) is 10.9. The van der Waals surface area contributed by atoms with Crippen molar-refractivity contribution in [2.24, 2.45) is 0 Å². The van der Waals surface area contributed by atoms with Crippen molar-refractivity contribution in [1.82, 2.24) is 10.2 Å².